The molecule has 0 amide bonds. The van der Waals surface area contributed by atoms with Crippen LogP contribution in [0.5, 0.6) is 0 Å². The van der Waals surface area contributed by atoms with Gasteiger partial charge in [-0.25, -0.2) is 0 Å². The predicted molar refractivity (Wildman–Crippen MR) is 199 cm³/mol. The normalized spacial score (nSPS) is 16.1. The summed E-state index contributed by atoms with van der Waals surface area (Å²) in [7, 11) is 0. The van der Waals surface area contributed by atoms with Crippen molar-refractivity contribution in [3.8, 4) is 22.3 Å². The third kappa shape index (κ3) is 6.68. The smallest absolute Gasteiger partial charge is 1.00 e. The fourth-order valence-corrected chi connectivity index (χ4v) is 13.2. The van der Waals surface area contributed by atoms with Gasteiger partial charge in [-0.15, -0.1) is 0 Å². The SMILES string of the molecule is CC(C)CC1=Cc2c(-c3cccc4ccccc34)cccc2[CH]1[Zr+2][CH]1C(CC(C)C)=Cc2c(-c3cccc4ccccc34)cccc21.[Cl-].[Cl-]. The van der Waals surface area contributed by atoms with E-state index in [0.717, 1.165) is 0 Å². The third-order valence-electron chi connectivity index (χ3n) is 10.1. The largest absolute Gasteiger partial charge is 1.00 e. The topological polar surface area (TPSA) is 0 Å². The van der Waals surface area contributed by atoms with Crippen LogP contribution >= 0.6 is 0 Å². The van der Waals surface area contributed by atoms with Gasteiger partial charge in [0.2, 0.25) is 0 Å². The summed E-state index contributed by atoms with van der Waals surface area (Å²) >= 11 is -1.04. The summed E-state index contributed by atoms with van der Waals surface area (Å²) < 4.78 is 1.16. The van der Waals surface area contributed by atoms with Crippen LogP contribution in [0.1, 0.15) is 70.0 Å². The maximum Gasteiger partial charge on any atom is -1.00 e. The van der Waals surface area contributed by atoms with E-state index in [1.807, 2.05) is 0 Å². The average Bonchev–Trinajstić information content (AvgIpc) is 3.60. The Morgan fingerprint density at radius 2 is 0.816 bits per heavy atom. The summed E-state index contributed by atoms with van der Waals surface area (Å²) in [6, 6.07) is 45.6. The van der Waals surface area contributed by atoms with Crippen molar-refractivity contribution in [3.05, 3.63) is 155 Å². The van der Waals surface area contributed by atoms with Crippen molar-refractivity contribution in [1.82, 2.24) is 0 Å². The fourth-order valence-electron chi connectivity index (χ4n) is 8.18. The molecule has 8 rings (SSSR count). The molecule has 0 radical (unpaired) electrons. The molecule has 244 valence electrons. The molecule has 0 aromatic heterocycles. The minimum absolute atomic E-state index is 0. The van der Waals surface area contributed by atoms with Gasteiger partial charge in [0, 0.05) is 0 Å². The minimum atomic E-state index is -1.04. The molecule has 49 heavy (non-hydrogen) atoms. The molecule has 0 fully saturated rings. The van der Waals surface area contributed by atoms with Gasteiger partial charge < -0.3 is 24.8 Å². The first-order valence-corrected chi connectivity index (χ1v) is 20.2. The average molecular weight is 757 g/mol. The molecule has 6 aromatic rings. The van der Waals surface area contributed by atoms with E-state index < -0.39 is 23.2 Å². The van der Waals surface area contributed by atoms with Crippen molar-refractivity contribution < 1.29 is 48.0 Å². The van der Waals surface area contributed by atoms with E-state index in [-0.39, 0.29) is 24.8 Å². The maximum absolute atomic E-state index is 2.62. The molecular formula is C46H42Cl2Zr. The zero-order valence-corrected chi connectivity index (χ0v) is 32.7. The Balaban J connectivity index is 0.00000208. The van der Waals surface area contributed by atoms with Gasteiger partial charge in [0.05, 0.1) is 0 Å². The molecule has 0 aliphatic heterocycles. The second-order valence-electron chi connectivity index (χ2n) is 14.3. The first-order valence-electron chi connectivity index (χ1n) is 17.4. The summed E-state index contributed by atoms with van der Waals surface area (Å²) in [5.41, 5.74) is 15.0. The standard InChI is InChI=1S/2C23H21.2ClH.Zr/c2*1-16(2)13-17-14-19-9-6-12-22(23(19)15-17)21-11-5-8-18-7-3-4-10-20(18)21;;;/h2*3-12,14-16H,13H2,1-2H3;2*1H;/q;;;;+2/p-2. The van der Waals surface area contributed by atoms with Gasteiger partial charge in [-0.3, -0.25) is 0 Å². The van der Waals surface area contributed by atoms with Crippen LogP contribution < -0.4 is 24.8 Å². The number of allylic oxidation sites excluding steroid dienone is 2. The zero-order chi connectivity index (χ0) is 32.1. The van der Waals surface area contributed by atoms with Crippen LogP contribution in [0.4, 0.5) is 0 Å². The summed E-state index contributed by atoms with van der Waals surface area (Å²) in [5.74, 6) is 1.27. The summed E-state index contributed by atoms with van der Waals surface area (Å²) in [5, 5.41) is 5.32. The first-order chi connectivity index (χ1) is 23.0. The van der Waals surface area contributed by atoms with Gasteiger partial charge in [-0.05, 0) is 0 Å². The first kappa shape index (κ1) is 35.6. The maximum atomic E-state index is 2.62. The molecule has 0 nitrogen and oxygen atoms in total. The number of fused-ring (bicyclic) bond motifs is 4. The zero-order valence-electron chi connectivity index (χ0n) is 28.7. The van der Waals surface area contributed by atoms with Crippen LogP contribution in [-0.2, 0) is 23.2 Å². The number of halogens is 2. The van der Waals surface area contributed by atoms with Gasteiger partial charge in [-0.1, -0.05) is 0 Å². The van der Waals surface area contributed by atoms with E-state index >= 15 is 0 Å². The molecule has 0 N–H and O–H groups in total. The molecular weight excluding hydrogens is 715 g/mol. The van der Waals surface area contributed by atoms with E-state index in [4.69, 9.17) is 0 Å². The van der Waals surface area contributed by atoms with Crippen molar-refractivity contribution in [1.29, 1.82) is 0 Å². The van der Waals surface area contributed by atoms with E-state index in [2.05, 4.69) is 161 Å². The monoisotopic (exact) mass is 754 g/mol. The van der Waals surface area contributed by atoms with Crippen LogP contribution in [0, 0.1) is 11.8 Å². The second kappa shape index (κ2) is 14.9. The molecule has 0 saturated carbocycles. The van der Waals surface area contributed by atoms with Gasteiger partial charge in [0.25, 0.3) is 0 Å². The Hall–Kier alpha value is -3.22. The van der Waals surface area contributed by atoms with E-state index in [1.54, 1.807) is 22.3 Å². The van der Waals surface area contributed by atoms with Crippen molar-refractivity contribution >= 4 is 33.7 Å². The molecule has 0 saturated heterocycles. The number of benzene rings is 6. The van der Waals surface area contributed by atoms with Crippen molar-refractivity contribution in [2.24, 2.45) is 11.8 Å². The van der Waals surface area contributed by atoms with E-state index in [0.29, 0.717) is 19.1 Å². The van der Waals surface area contributed by atoms with Crippen LogP contribution in [-0.4, -0.2) is 0 Å². The minimum Gasteiger partial charge on any atom is -1.00 e. The van der Waals surface area contributed by atoms with Gasteiger partial charge in [0.1, 0.15) is 0 Å². The van der Waals surface area contributed by atoms with Crippen molar-refractivity contribution in [3.63, 3.8) is 0 Å². The summed E-state index contributed by atoms with van der Waals surface area (Å²) in [6.45, 7) is 9.57. The second-order valence-corrected chi connectivity index (χ2v) is 18.0. The third-order valence-corrected chi connectivity index (χ3v) is 15.1. The summed E-state index contributed by atoms with van der Waals surface area (Å²) in [4.78, 5) is 0. The number of rotatable bonds is 8. The molecule has 3 heteroatoms. The Morgan fingerprint density at radius 3 is 1.24 bits per heavy atom. The molecule has 0 bridgehead atoms. The Morgan fingerprint density at radius 1 is 0.449 bits per heavy atom. The molecule has 2 aliphatic rings. The quantitative estimate of drug-likeness (QED) is 0.156. The summed E-state index contributed by atoms with van der Waals surface area (Å²) in [6.07, 6.45) is 7.58. The van der Waals surface area contributed by atoms with Crippen LogP contribution in [0.2, 0.25) is 0 Å². The van der Waals surface area contributed by atoms with E-state index in [9.17, 15) is 0 Å². The predicted octanol–water partition coefficient (Wildman–Crippen LogP) is 7.09. The van der Waals surface area contributed by atoms with Crippen molar-refractivity contribution in [2.45, 2.75) is 47.8 Å². The molecule has 0 spiro atoms. The van der Waals surface area contributed by atoms with Gasteiger partial charge >= 0.3 is 294 Å². The molecule has 0 heterocycles. The van der Waals surface area contributed by atoms with Crippen molar-refractivity contribution in [2.75, 3.05) is 0 Å². The molecule has 2 aliphatic carbocycles. The van der Waals surface area contributed by atoms with Crippen LogP contribution in [0.3, 0.4) is 0 Å². The fraction of sp³-hybridized carbons (Fsp3) is 0.217. The number of hydrogen-bond acceptors (Lipinski definition) is 0. The van der Waals surface area contributed by atoms with E-state index in [1.165, 1.54) is 67.8 Å². The molecule has 2 unspecified atom stereocenters. The Kier molecular flexibility index (Phi) is 10.9. The Bertz CT molecular complexity index is 2040. The van der Waals surface area contributed by atoms with Crippen LogP contribution in [0.15, 0.2) is 132 Å². The van der Waals surface area contributed by atoms with Gasteiger partial charge in [0.15, 0.2) is 0 Å². The van der Waals surface area contributed by atoms with Crippen LogP contribution in [0.25, 0.3) is 56.0 Å². The molecule has 2 atom stereocenters. The molecule has 6 aromatic carbocycles. The number of hydrogen-bond donors (Lipinski definition) is 0. The van der Waals surface area contributed by atoms with Gasteiger partial charge in [-0.2, -0.15) is 0 Å². The Labute approximate surface area is 316 Å².